The van der Waals surface area contributed by atoms with Gasteiger partial charge in [0, 0.05) is 23.1 Å². The van der Waals surface area contributed by atoms with E-state index in [9.17, 15) is 9.59 Å². The quantitative estimate of drug-likeness (QED) is 0.805. The van der Waals surface area contributed by atoms with E-state index in [-0.39, 0.29) is 17.9 Å². The van der Waals surface area contributed by atoms with Gasteiger partial charge in [-0.15, -0.1) is 0 Å². The SMILES string of the molecule is O=C(NCCC1CCNC1)C1CCCN1C(=O)c1ccc(Br)cc1. The van der Waals surface area contributed by atoms with Crippen molar-refractivity contribution < 1.29 is 9.59 Å². The lowest BCUT2D eigenvalue weighted by atomic mass is 10.1. The summed E-state index contributed by atoms with van der Waals surface area (Å²) < 4.78 is 0.941. The lowest BCUT2D eigenvalue weighted by Crippen LogP contribution is -2.46. The van der Waals surface area contributed by atoms with Crippen molar-refractivity contribution in [3.05, 3.63) is 34.3 Å². The van der Waals surface area contributed by atoms with E-state index < -0.39 is 0 Å². The molecule has 2 amide bonds. The minimum atomic E-state index is -0.331. The van der Waals surface area contributed by atoms with E-state index in [4.69, 9.17) is 0 Å². The molecule has 2 N–H and O–H groups in total. The molecule has 2 heterocycles. The fourth-order valence-corrected chi connectivity index (χ4v) is 3.78. The summed E-state index contributed by atoms with van der Waals surface area (Å²) in [5.74, 6) is 0.596. The number of rotatable bonds is 5. The molecule has 2 aliphatic heterocycles. The third kappa shape index (κ3) is 4.16. The van der Waals surface area contributed by atoms with E-state index in [1.54, 1.807) is 17.0 Å². The first-order valence-corrected chi connectivity index (χ1v) is 9.49. The molecule has 0 spiro atoms. The van der Waals surface area contributed by atoms with E-state index in [0.29, 0.717) is 24.6 Å². The molecule has 2 unspecified atom stereocenters. The van der Waals surface area contributed by atoms with Crippen LogP contribution in [0.25, 0.3) is 0 Å². The van der Waals surface area contributed by atoms with E-state index >= 15 is 0 Å². The van der Waals surface area contributed by atoms with Gasteiger partial charge in [-0.2, -0.15) is 0 Å². The topological polar surface area (TPSA) is 61.4 Å². The van der Waals surface area contributed by atoms with Crippen molar-refractivity contribution in [3.8, 4) is 0 Å². The summed E-state index contributed by atoms with van der Waals surface area (Å²) in [6.07, 6.45) is 3.82. The Labute approximate surface area is 151 Å². The second-order valence-corrected chi connectivity index (χ2v) is 7.52. The zero-order valence-electron chi connectivity index (χ0n) is 13.8. The predicted molar refractivity (Wildman–Crippen MR) is 96.8 cm³/mol. The molecule has 130 valence electrons. The van der Waals surface area contributed by atoms with Gasteiger partial charge < -0.3 is 15.5 Å². The highest BCUT2D eigenvalue weighted by Crippen LogP contribution is 2.21. The van der Waals surface area contributed by atoms with Gasteiger partial charge in [0.1, 0.15) is 6.04 Å². The largest absolute Gasteiger partial charge is 0.354 e. The smallest absolute Gasteiger partial charge is 0.254 e. The lowest BCUT2D eigenvalue weighted by molar-refractivity contribution is -0.124. The Balaban J connectivity index is 1.54. The van der Waals surface area contributed by atoms with Crippen molar-refractivity contribution in [3.63, 3.8) is 0 Å². The third-order valence-electron chi connectivity index (χ3n) is 4.92. The minimum Gasteiger partial charge on any atom is -0.354 e. The van der Waals surface area contributed by atoms with E-state index in [1.165, 1.54) is 6.42 Å². The number of nitrogens with zero attached hydrogens (tertiary/aromatic N) is 1. The number of carbonyl (C=O) groups is 2. The minimum absolute atomic E-state index is 0.0103. The molecule has 0 radical (unpaired) electrons. The second kappa shape index (κ2) is 8.12. The molecule has 2 fully saturated rings. The van der Waals surface area contributed by atoms with E-state index in [1.807, 2.05) is 12.1 Å². The number of likely N-dealkylation sites (tertiary alicyclic amines) is 1. The van der Waals surface area contributed by atoms with Gasteiger partial charge in [-0.05, 0) is 69.0 Å². The standard InChI is InChI=1S/C18H24BrN3O2/c19-15-5-3-14(4-6-15)18(24)22-11-1-2-16(22)17(23)21-10-8-13-7-9-20-12-13/h3-6,13,16,20H,1-2,7-12H2,(H,21,23). The molecule has 2 aliphatic rings. The van der Waals surface area contributed by atoms with Gasteiger partial charge in [0.25, 0.3) is 5.91 Å². The number of hydrogen-bond acceptors (Lipinski definition) is 3. The molecule has 0 bridgehead atoms. The highest BCUT2D eigenvalue weighted by Gasteiger charge is 2.34. The fraction of sp³-hybridized carbons (Fsp3) is 0.556. The number of hydrogen-bond donors (Lipinski definition) is 2. The van der Waals surface area contributed by atoms with Crippen LogP contribution in [0.1, 0.15) is 36.0 Å². The molecule has 3 rings (SSSR count). The first-order chi connectivity index (χ1) is 11.6. The zero-order valence-corrected chi connectivity index (χ0v) is 15.3. The number of carbonyl (C=O) groups excluding carboxylic acids is 2. The molecule has 0 saturated carbocycles. The molecule has 24 heavy (non-hydrogen) atoms. The van der Waals surface area contributed by atoms with Crippen LogP contribution in [0.4, 0.5) is 0 Å². The van der Waals surface area contributed by atoms with Crippen molar-refractivity contribution in [2.75, 3.05) is 26.2 Å². The van der Waals surface area contributed by atoms with Gasteiger partial charge >= 0.3 is 0 Å². The van der Waals surface area contributed by atoms with Crippen LogP contribution in [-0.2, 0) is 4.79 Å². The van der Waals surface area contributed by atoms with Crippen LogP contribution in [0.2, 0.25) is 0 Å². The van der Waals surface area contributed by atoms with Crippen LogP contribution in [0, 0.1) is 5.92 Å². The predicted octanol–water partition coefficient (Wildman–Crippen LogP) is 2.17. The average molecular weight is 394 g/mol. The summed E-state index contributed by atoms with van der Waals surface area (Å²) in [5, 5.41) is 6.37. The Morgan fingerprint density at radius 3 is 2.75 bits per heavy atom. The molecule has 1 aromatic carbocycles. The number of halogens is 1. The summed E-state index contributed by atoms with van der Waals surface area (Å²) in [4.78, 5) is 26.9. The summed E-state index contributed by atoms with van der Waals surface area (Å²) in [7, 11) is 0. The molecule has 1 aromatic rings. The van der Waals surface area contributed by atoms with Crippen molar-refractivity contribution in [2.45, 2.75) is 31.7 Å². The maximum atomic E-state index is 12.7. The summed E-state index contributed by atoms with van der Waals surface area (Å²) in [6.45, 7) is 3.48. The molecule has 5 nitrogen and oxygen atoms in total. The zero-order chi connectivity index (χ0) is 16.9. The maximum absolute atomic E-state index is 12.7. The summed E-state index contributed by atoms with van der Waals surface area (Å²) >= 11 is 3.38. The van der Waals surface area contributed by atoms with Gasteiger partial charge in [0.2, 0.25) is 5.91 Å². The molecular weight excluding hydrogens is 370 g/mol. The first kappa shape index (κ1) is 17.4. The van der Waals surface area contributed by atoms with Crippen LogP contribution < -0.4 is 10.6 Å². The molecule has 6 heteroatoms. The Hall–Kier alpha value is -1.40. The highest BCUT2D eigenvalue weighted by molar-refractivity contribution is 9.10. The molecule has 2 atom stereocenters. The van der Waals surface area contributed by atoms with Gasteiger partial charge in [-0.3, -0.25) is 9.59 Å². The van der Waals surface area contributed by atoms with Crippen LogP contribution in [-0.4, -0.2) is 48.9 Å². The lowest BCUT2D eigenvalue weighted by Gasteiger charge is -2.24. The molecule has 0 aliphatic carbocycles. The van der Waals surface area contributed by atoms with Crippen molar-refractivity contribution in [2.24, 2.45) is 5.92 Å². The number of benzene rings is 1. The molecule has 2 saturated heterocycles. The normalized spacial score (nSPS) is 23.5. The van der Waals surface area contributed by atoms with Gasteiger partial charge in [-0.25, -0.2) is 0 Å². The monoisotopic (exact) mass is 393 g/mol. The van der Waals surface area contributed by atoms with Crippen LogP contribution in [0.15, 0.2) is 28.7 Å². The van der Waals surface area contributed by atoms with E-state index in [2.05, 4.69) is 26.6 Å². The van der Waals surface area contributed by atoms with Crippen molar-refractivity contribution in [1.82, 2.24) is 15.5 Å². The van der Waals surface area contributed by atoms with Crippen molar-refractivity contribution >= 4 is 27.7 Å². The Morgan fingerprint density at radius 2 is 2.04 bits per heavy atom. The van der Waals surface area contributed by atoms with E-state index in [0.717, 1.165) is 36.8 Å². The van der Waals surface area contributed by atoms with Crippen LogP contribution >= 0.6 is 15.9 Å². The maximum Gasteiger partial charge on any atom is 0.254 e. The summed E-state index contributed by atoms with van der Waals surface area (Å²) in [6, 6.07) is 6.98. The van der Waals surface area contributed by atoms with Crippen molar-refractivity contribution in [1.29, 1.82) is 0 Å². The van der Waals surface area contributed by atoms with Gasteiger partial charge in [0.05, 0.1) is 0 Å². The Kier molecular flexibility index (Phi) is 5.89. The van der Waals surface area contributed by atoms with Gasteiger partial charge in [0.15, 0.2) is 0 Å². The molecular formula is C18H24BrN3O2. The fourth-order valence-electron chi connectivity index (χ4n) is 3.52. The second-order valence-electron chi connectivity index (χ2n) is 6.60. The first-order valence-electron chi connectivity index (χ1n) is 8.70. The molecule has 0 aromatic heterocycles. The third-order valence-corrected chi connectivity index (χ3v) is 5.45. The average Bonchev–Trinajstić information content (AvgIpc) is 3.26. The number of nitrogens with one attached hydrogen (secondary N) is 2. The highest BCUT2D eigenvalue weighted by atomic mass is 79.9. The Bertz CT molecular complexity index is 584. The summed E-state index contributed by atoms with van der Waals surface area (Å²) in [5.41, 5.74) is 0.634. The van der Waals surface area contributed by atoms with Gasteiger partial charge in [-0.1, -0.05) is 15.9 Å². The Morgan fingerprint density at radius 1 is 1.25 bits per heavy atom. The van der Waals surface area contributed by atoms with Crippen LogP contribution in [0.5, 0.6) is 0 Å². The van der Waals surface area contributed by atoms with Crippen LogP contribution in [0.3, 0.4) is 0 Å². The number of amides is 2.